The van der Waals surface area contributed by atoms with E-state index in [-0.39, 0.29) is 24.2 Å². The van der Waals surface area contributed by atoms with Crippen molar-refractivity contribution in [3.63, 3.8) is 0 Å². The predicted molar refractivity (Wildman–Crippen MR) is 102 cm³/mol. The number of nitrogens with zero attached hydrogens (tertiary/aromatic N) is 1. The lowest BCUT2D eigenvalue weighted by Crippen LogP contribution is -2.22. The summed E-state index contributed by atoms with van der Waals surface area (Å²) >= 11 is 1.40. The van der Waals surface area contributed by atoms with Crippen LogP contribution >= 0.6 is 11.8 Å². The van der Waals surface area contributed by atoms with E-state index < -0.39 is 5.97 Å². The molecule has 7 heteroatoms. The first-order valence-electron chi connectivity index (χ1n) is 8.42. The molecular formula is C19H24N2O4S. The summed E-state index contributed by atoms with van der Waals surface area (Å²) in [7, 11) is 0. The number of para-hydroxylation sites is 1. The van der Waals surface area contributed by atoms with Crippen molar-refractivity contribution >= 4 is 29.3 Å². The van der Waals surface area contributed by atoms with E-state index >= 15 is 0 Å². The number of amides is 1. The van der Waals surface area contributed by atoms with E-state index in [1.807, 2.05) is 38.1 Å². The van der Waals surface area contributed by atoms with Crippen LogP contribution in [0.4, 0.5) is 5.69 Å². The Morgan fingerprint density at radius 1 is 1.27 bits per heavy atom. The Morgan fingerprint density at radius 2 is 2.00 bits per heavy atom. The Morgan fingerprint density at radius 3 is 2.65 bits per heavy atom. The lowest BCUT2D eigenvalue weighted by molar-refractivity contribution is -0.144. The number of carbonyl (C=O) groups excluding carboxylic acids is 2. The molecule has 0 aliphatic heterocycles. The van der Waals surface area contributed by atoms with Crippen molar-refractivity contribution in [2.75, 3.05) is 17.7 Å². The van der Waals surface area contributed by atoms with Gasteiger partial charge in [-0.3, -0.25) is 9.59 Å². The molecule has 0 bridgehead atoms. The highest BCUT2D eigenvalue weighted by Gasteiger charge is 2.13. The van der Waals surface area contributed by atoms with Gasteiger partial charge in [0.05, 0.1) is 11.4 Å². The highest BCUT2D eigenvalue weighted by Crippen LogP contribution is 2.23. The van der Waals surface area contributed by atoms with Crippen molar-refractivity contribution < 1.29 is 18.8 Å². The minimum Gasteiger partial charge on any atom is -0.455 e. The molecule has 1 amide bonds. The summed E-state index contributed by atoms with van der Waals surface area (Å²) in [4.78, 5) is 23.8. The van der Waals surface area contributed by atoms with E-state index in [0.717, 1.165) is 28.3 Å². The monoisotopic (exact) mass is 376 g/mol. The van der Waals surface area contributed by atoms with Gasteiger partial charge in [0.1, 0.15) is 5.76 Å². The lowest BCUT2D eigenvalue weighted by Gasteiger charge is -2.13. The largest absolute Gasteiger partial charge is 0.455 e. The number of aryl methyl sites for hydroxylation is 2. The van der Waals surface area contributed by atoms with Crippen molar-refractivity contribution in [2.24, 2.45) is 0 Å². The Hall–Kier alpha value is -2.28. The van der Waals surface area contributed by atoms with Gasteiger partial charge in [0.15, 0.2) is 6.61 Å². The minimum atomic E-state index is -0.422. The number of aromatic nitrogens is 1. The summed E-state index contributed by atoms with van der Waals surface area (Å²) < 4.78 is 10.1. The van der Waals surface area contributed by atoms with Crippen molar-refractivity contribution in [3.8, 4) is 0 Å². The molecule has 1 heterocycles. The fraction of sp³-hybridized carbons (Fsp3) is 0.421. The third-order valence-electron chi connectivity index (χ3n) is 3.87. The van der Waals surface area contributed by atoms with E-state index in [4.69, 9.17) is 9.26 Å². The standard InChI is InChI=1S/C19H24N2O4S/c1-12(2)15-7-5-6-8-17(15)20-18(22)9-24-19(23)11-26-10-16-13(3)21-25-14(16)4/h5-8,12H,9-11H2,1-4H3,(H,20,22). The van der Waals surface area contributed by atoms with Crippen LogP contribution in [0.25, 0.3) is 0 Å². The van der Waals surface area contributed by atoms with Gasteiger partial charge in [-0.2, -0.15) is 0 Å². The molecule has 140 valence electrons. The van der Waals surface area contributed by atoms with Crippen LogP contribution in [0, 0.1) is 13.8 Å². The number of ether oxygens (including phenoxy) is 1. The molecule has 0 radical (unpaired) electrons. The number of hydrogen-bond acceptors (Lipinski definition) is 6. The Kier molecular flexibility index (Phi) is 7.26. The van der Waals surface area contributed by atoms with Gasteiger partial charge in [-0.15, -0.1) is 11.8 Å². The number of thioether (sulfide) groups is 1. The fourth-order valence-electron chi connectivity index (χ4n) is 2.43. The summed E-state index contributed by atoms with van der Waals surface area (Å²) in [6.45, 7) is 7.52. The zero-order valence-electron chi connectivity index (χ0n) is 15.5. The number of hydrogen-bond donors (Lipinski definition) is 1. The van der Waals surface area contributed by atoms with E-state index in [2.05, 4.69) is 24.3 Å². The molecule has 2 aromatic rings. The molecule has 0 aliphatic carbocycles. The minimum absolute atomic E-state index is 0.167. The number of benzene rings is 1. The highest BCUT2D eigenvalue weighted by atomic mass is 32.2. The van der Waals surface area contributed by atoms with Crippen LogP contribution in [0.3, 0.4) is 0 Å². The van der Waals surface area contributed by atoms with Gasteiger partial charge in [-0.25, -0.2) is 0 Å². The number of carbonyl (C=O) groups is 2. The zero-order valence-corrected chi connectivity index (χ0v) is 16.3. The maximum atomic E-state index is 12.0. The van der Waals surface area contributed by atoms with Crippen molar-refractivity contribution in [1.82, 2.24) is 5.16 Å². The molecule has 1 aromatic heterocycles. The van der Waals surface area contributed by atoms with Gasteiger partial charge in [0, 0.05) is 17.0 Å². The molecular weight excluding hydrogens is 352 g/mol. The average Bonchev–Trinajstić information content (AvgIpc) is 2.92. The molecule has 0 unspecified atom stereocenters. The molecule has 0 atom stereocenters. The summed E-state index contributed by atoms with van der Waals surface area (Å²) in [5, 5.41) is 6.67. The second-order valence-electron chi connectivity index (χ2n) is 6.25. The van der Waals surface area contributed by atoms with Gasteiger partial charge >= 0.3 is 5.97 Å². The first-order chi connectivity index (χ1) is 12.4. The van der Waals surface area contributed by atoms with Gasteiger partial charge in [0.25, 0.3) is 5.91 Å². The SMILES string of the molecule is Cc1noc(C)c1CSCC(=O)OCC(=O)Nc1ccccc1C(C)C. The molecule has 0 spiro atoms. The second-order valence-corrected chi connectivity index (χ2v) is 7.23. The number of anilines is 1. The topological polar surface area (TPSA) is 81.4 Å². The fourth-order valence-corrected chi connectivity index (χ4v) is 3.40. The van der Waals surface area contributed by atoms with Crippen molar-refractivity contribution in [3.05, 3.63) is 46.8 Å². The van der Waals surface area contributed by atoms with Gasteiger partial charge in [-0.05, 0) is 31.4 Å². The van der Waals surface area contributed by atoms with E-state index in [0.29, 0.717) is 5.75 Å². The first kappa shape index (κ1) is 20.0. The maximum Gasteiger partial charge on any atom is 0.316 e. The molecule has 1 aromatic carbocycles. The number of rotatable bonds is 8. The maximum absolute atomic E-state index is 12.0. The Balaban J connectivity index is 1.74. The third-order valence-corrected chi connectivity index (χ3v) is 4.80. The van der Waals surface area contributed by atoms with E-state index in [9.17, 15) is 9.59 Å². The average molecular weight is 376 g/mol. The van der Waals surface area contributed by atoms with Crippen LogP contribution in [0.2, 0.25) is 0 Å². The van der Waals surface area contributed by atoms with Crippen LogP contribution < -0.4 is 5.32 Å². The van der Waals surface area contributed by atoms with Crippen molar-refractivity contribution in [2.45, 2.75) is 39.4 Å². The first-order valence-corrected chi connectivity index (χ1v) is 9.57. The zero-order chi connectivity index (χ0) is 19.1. The van der Waals surface area contributed by atoms with E-state index in [1.165, 1.54) is 11.8 Å². The number of nitrogens with one attached hydrogen (secondary N) is 1. The highest BCUT2D eigenvalue weighted by molar-refractivity contribution is 7.99. The molecule has 0 saturated carbocycles. The Bertz CT molecular complexity index is 751. The molecule has 2 rings (SSSR count). The smallest absolute Gasteiger partial charge is 0.316 e. The summed E-state index contributed by atoms with van der Waals surface area (Å²) in [5.41, 5.74) is 3.61. The van der Waals surface area contributed by atoms with Crippen LogP contribution in [0.5, 0.6) is 0 Å². The number of esters is 1. The quantitative estimate of drug-likeness (QED) is 0.705. The molecule has 1 N–H and O–H groups in total. The van der Waals surface area contributed by atoms with E-state index in [1.54, 1.807) is 0 Å². The van der Waals surface area contributed by atoms with Crippen LogP contribution in [0.1, 0.15) is 42.3 Å². The van der Waals surface area contributed by atoms with Gasteiger partial charge in [-0.1, -0.05) is 37.2 Å². The second kappa shape index (κ2) is 9.43. The molecule has 0 saturated heterocycles. The summed E-state index contributed by atoms with van der Waals surface area (Å²) in [6, 6.07) is 7.60. The summed E-state index contributed by atoms with van der Waals surface area (Å²) in [6.07, 6.45) is 0. The predicted octanol–water partition coefficient (Wildman–Crippen LogP) is 3.83. The van der Waals surface area contributed by atoms with Crippen LogP contribution in [-0.4, -0.2) is 29.4 Å². The summed E-state index contributed by atoms with van der Waals surface area (Å²) in [5.74, 6) is 1.06. The van der Waals surface area contributed by atoms with Gasteiger partial charge in [0.2, 0.25) is 0 Å². The third kappa shape index (κ3) is 5.62. The Labute approximate surface area is 157 Å². The van der Waals surface area contributed by atoms with Gasteiger partial charge < -0.3 is 14.6 Å². The van der Waals surface area contributed by atoms with Crippen LogP contribution in [-0.2, 0) is 20.1 Å². The molecule has 26 heavy (non-hydrogen) atoms. The normalized spacial score (nSPS) is 10.8. The molecule has 6 nitrogen and oxygen atoms in total. The van der Waals surface area contributed by atoms with Crippen LogP contribution in [0.15, 0.2) is 28.8 Å². The molecule has 0 fully saturated rings. The molecule has 0 aliphatic rings. The van der Waals surface area contributed by atoms with Crippen molar-refractivity contribution in [1.29, 1.82) is 0 Å². The lowest BCUT2D eigenvalue weighted by atomic mass is 10.0.